The number of nitrogens with zero attached hydrogens (tertiary/aromatic N) is 1. The Kier molecular flexibility index (Phi) is 3.33. The zero-order valence-electron chi connectivity index (χ0n) is 9.29. The summed E-state index contributed by atoms with van der Waals surface area (Å²) in [5.74, 6) is -0.888. The lowest BCUT2D eigenvalue weighted by atomic mass is 9.99. The predicted molar refractivity (Wildman–Crippen MR) is 65.5 cm³/mol. The highest BCUT2D eigenvalue weighted by atomic mass is 32.2. The first-order valence-electron chi connectivity index (χ1n) is 5.23. The van der Waals surface area contributed by atoms with Gasteiger partial charge in [-0.2, -0.15) is 0 Å². The molecule has 94 valence electrons. The Morgan fingerprint density at radius 1 is 1.50 bits per heavy atom. The zero-order chi connectivity index (χ0) is 13.3. The van der Waals surface area contributed by atoms with Crippen LogP contribution in [0.5, 0.6) is 0 Å². The minimum Gasteiger partial charge on any atom is -0.369 e. The first-order valence-corrected chi connectivity index (χ1v) is 6.21. The third kappa shape index (κ3) is 2.35. The second-order valence-corrected chi connectivity index (χ2v) is 5.04. The fraction of sp³-hybridized carbons (Fsp3) is 0.273. The number of hydrogen-bond acceptors (Lipinski definition) is 5. The summed E-state index contributed by atoms with van der Waals surface area (Å²) in [5.41, 5.74) is 5.38. The van der Waals surface area contributed by atoms with Crippen LogP contribution < -0.4 is 5.73 Å². The second-order valence-electron chi connectivity index (χ2n) is 3.98. The van der Waals surface area contributed by atoms with E-state index in [9.17, 15) is 19.7 Å². The molecule has 0 radical (unpaired) electrons. The van der Waals surface area contributed by atoms with Gasteiger partial charge in [-0.15, -0.1) is 11.8 Å². The van der Waals surface area contributed by atoms with Crippen molar-refractivity contribution >= 4 is 29.1 Å². The second kappa shape index (κ2) is 4.77. The number of hydrogen-bond donors (Lipinski definition) is 1. The average Bonchev–Trinajstić information content (AvgIpc) is 2.48. The van der Waals surface area contributed by atoms with Crippen LogP contribution in [-0.2, 0) is 4.79 Å². The maximum absolute atomic E-state index is 12.0. The molecule has 0 aliphatic carbocycles. The number of Topliss-reactive ketones (excluding diaryl/α,β-unsaturated/α-hetero) is 1. The maximum atomic E-state index is 12.0. The van der Waals surface area contributed by atoms with E-state index in [0.29, 0.717) is 16.2 Å². The van der Waals surface area contributed by atoms with Gasteiger partial charge in [0.05, 0.1) is 10.8 Å². The molecule has 0 bridgehead atoms. The van der Waals surface area contributed by atoms with E-state index >= 15 is 0 Å². The Labute approximate surface area is 107 Å². The molecule has 0 aromatic heterocycles. The van der Waals surface area contributed by atoms with Crippen LogP contribution in [0, 0.1) is 16.0 Å². The van der Waals surface area contributed by atoms with Gasteiger partial charge in [0.2, 0.25) is 5.91 Å². The summed E-state index contributed by atoms with van der Waals surface area (Å²) in [7, 11) is 0. The van der Waals surface area contributed by atoms with Crippen molar-refractivity contribution in [3.8, 4) is 0 Å². The summed E-state index contributed by atoms with van der Waals surface area (Å²) in [6, 6.07) is 4.15. The molecule has 0 fully saturated rings. The molecule has 2 N–H and O–H groups in total. The summed E-state index contributed by atoms with van der Waals surface area (Å²) in [6.07, 6.45) is 0.0104. The Morgan fingerprint density at radius 3 is 2.83 bits per heavy atom. The minimum atomic E-state index is -0.547. The van der Waals surface area contributed by atoms with Crippen molar-refractivity contribution in [3.63, 3.8) is 0 Å². The smallest absolute Gasteiger partial charge is 0.270 e. The third-order valence-electron chi connectivity index (χ3n) is 2.75. The number of benzene rings is 1. The number of non-ortho nitro benzene ring substituents is 1. The van der Waals surface area contributed by atoms with Gasteiger partial charge in [-0.05, 0) is 6.07 Å². The Morgan fingerprint density at radius 2 is 2.22 bits per heavy atom. The Hall–Kier alpha value is -1.89. The molecule has 1 aliphatic heterocycles. The lowest BCUT2D eigenvalue weighted by Gasteiger charge is -2.06. The van der Waals surface area contributed by atoms with Gasteiger partial charge in [0.15, 0.2) is 5.78 Å². The van der Waals surface area contributed by atoms with Crippen LogP contribution in [0.25, 0.3) is 0 Å². The monoisotopic (exact) mass is 266 g/mol. The van der Waals surface area contributed by atoms with E-state index in [0.717, 1.165) is 0 Å². The van der Waals surface area contributed by atoms with E-state index in [1.807, 2.05) is 0 Å². The summed E-state index contributed by atoms with van der Waals surface area (Å²) in [6.45, 7) is 0. The van der Waals surface area contributed by atoms with Gasteiger partial charge in [0, 0.05) is 34.8 Å². The molecular weight excluding hydrogens is 256 g/mol. The fourth-order valence-corrected chi connectivity index (χ4v) is 2.90. The summed E-state index contributed by atoms with van der Waals surface area (Å²) < 4.78 is 0. The molecular formula is C11H10N2O4S. The number of fused-ring (bicyclic) bond motifs is 1. The number of nitro groups is 1. The molecule has 7 heteroatoms. The highest BCUT2D eigenvalue weighted by Gasteiger charge is 2.27. The number of rotatable bonds is 2. The predicted octanol–water partition coefficient (Wildman–Crippen LogP) is 1.37. The highest BCUT2D eigenvalue weighted by Crippen LogP contribution is 2.33. The van der Waals surface area contributed by atoms with Gasteiger partial charge in [-0.1, -0.05) is 0 Å². The van der Waals surface area contributed by atoms with Crippen LogP contribution in [-0.4, -0.2) is 22.4 Å². The van der Waals surface area contributed by atoms with Crippen LogP contribution in [0.4, 0.5) is 5.69 Å². The van der Waals surface area contributed by atoms with Gasteiger partial charge in [-0.3, -0.25) is 19.7 Å². The van der Waals surface area contributed by atoms with Crippen molar-refractivity contribution in [1.29, 1.82) is 0 Å². The average molecular weight is 266 g/mol. The number of carbonyl (C=O) groups is 2. The van der Waals surface area contributed by atoms with Crippen molar-refractivity contribution < 1.29 is 14.5 Å². The molecule has 1 atom stereocenters. The number of ketones is 1. The standard InChI is InChI=1S/C11H10N2O4S/c12-11(15)6-3-9(14)8-4-7(13(16)17)1-2-10(8)18-5-6/h1-2,4,6H,3,5H2,(H2,12,15)/t6-/m0/s1. The van der Waals surface area contributed by atoms with Crippen molar-refractivity contribution in [2.45, 2.75) is 11.3 Å². The van der Waals surface area contributed by atoms with E-state index in [1.165, 1.54) is 23.9 Å². The number of primary amides is 1. The number of carbonyl (C=O) groups excluding carboxylic acids is 2. The van der Waals surface area contributed by atoms with Crippen molar-refractivity contribution in [2.75, 3.05) is 5.75 Å². The summed E-state index contributed by atoms with van der Waals surface area (Å²) in [4.78, 5) is 33.9. The SMILES string of the molecule is NC(=O)[C@@H]1CSc2ccc([N+](=O)[O-])cc2C(=O)C1. The highest BCUT2D eigenvalue weighted by molar-refractivity contribution is 7.99. The number of amides is 1. The van der Waals surface area contributed by atoms with Crippen LogP contribution in [0.2, 0.25) is 0 Å². The molecule has 1 heterocycles. The van der Waals surface area contributed by atoms with E-state index < -0.39 is 16.7 Å². The van der Waals surface area contributed by atoms with Crippen LogP contribution in [0.1, 0.15) is 16.8 Å². The van der Waals surface area contributed by atoms with E-state index in [4.69, 9.17) is 5.73 Å². The van der Waals surface area contributed by atoms with Crippen LogP contribution >= 0.6 is 11.8 Å². The Balaban J connectivity index is 2.39. The first kappa shape index (κ1) is 12.6. The normalized spacial score (nSPS) is 18.9. The van der Waals surface area contributed by atoms with Gasteiger partial charge < -0.3 is 5.73 Å². The molecule has 1 amide bonds. The first-order chi connectivity index (χ1) is 8.49. The van der Waals surface area contributed by atoms with Crippen molar-refractivity contribution in [1.82, 2.24) is 0 Å². The quantitative estimate of drug-likeness (QED) is 0.643. The van der Waals surface area contributed by atoms with Crippen LogP contribution in [0.3, 0.4) is 0 Å². The lowest BCUT2D eigenvalue weighted by Crippen LogP contribution is -2.26. The minimum absolute atomic E-state index is 0.0104. The Bertz CT molecular complexity index is 544. The summed E-state index contributed by atoms with van der Waals surface area (Å²) >= 11 is 1.33. The fourth-order valence-electron chi connectivity index (χ4n) is 1.74. The topological polar surface area (TPSA) is 103 Å². The lowest BCUT2D eigenvalue weighted by molar-refractivity contribution is -0.384. The maximum Gasteiger partial charge on any atom is 0.270 e. The molecule has 0 saturated heterocycles. The van der Waals surface area contributed by atoms with E-state index in [-0.39, 0.29) is 17.9 Å². The molecule has 1 aromatic carbocycles. The number of nitrogens with two attached hydrogens (primary N) is 1. The molecule has 18 heavy (non-hydrogen) atoms. The molecule has 6 nitrogen and oxygen atoms in total. The molecule has 0 unspecified atom stereocenters. The summed E-state index contributed by atoms with van der Waals surface area (Å²) in [5, 5.41) is 10.7. The third-order valence-corrected chi connectivity index (χ3v) is 3.98. The molecule has 1 aromatic rings. The van der Waals surface area contributed by atoms with Gasteiger partial charge >= 0.3 is 0 Å². The molecule has 0 spiro atoms. The van der Waals surface area contributed by atoms with E-state index in [1.54, 1.807) is 6.07 Å². The van der Waals surface area contributed by atoms with Crippen LogP contribution in [0.15, 0.2) is 23.1 Å². The molecule has 0 saturated carbocycles. The van der Waals surface area contributed by atoms with Gasteiger partial charge in [0.25, 0.3) is 5.69 Å². The van der Waals surface area contributed by atoms with Gasteiger partial charge in [0.1, 0.15) is 0 Å². The van der Waals surface area contributed by atoms with Crippen molar-refractivity contribution in [2.24, 2.45) is 11.7 Å². The largest absolute Gasteiger partial charge is 0.369 e. The number of thioether (sulfide) groups is 1. The van der Waals surface area contributed by atoms with E-state index in [2.05, 4.69) is 0 Å². The zero-order valence-corrected chi connectivity index (χ0v) is 10.1. The van der Waals surface area contributed by atoms with Gasteiger partial charge in [-0.25, -0.2) is 0 Å². The van der Waals surface area contributed by atoms with Crippen molar-refractivity contribution in [3.05, 3.63) is 33.9 Å². The molecule has 1 aliphatic rings. The molecule has 2 rings (SSSR count). The number of nitro benzene ring substituents is 1.